The summed E-state index contributed by atoms with van der Waals surface area (Å²) in [6.07, 6.45) is 5.62. The normalized spacial score (nSPS) is 10.4. The lowest BCUT2D eigenvalue weighted by molar-refractivity contribution is 0.390. The smallest absolute Gasteiger partial charge is 0.217 e. The van der Waals surface area contributed by atoms with Gasteiger partial charge >= 0.3 is 0 Å². The summed E-state index contributed by atoms with van der Waals surface area (Å²) in [5, 5.41) is 3.41. The molecule has 0 spiro atoms. The van der Waals surface area contributed by atoms with Gasteiger partial charge in [0.05, 0.1) is 7.11 Å². The number of hydrogen-bond acceptors (Lipinski definition) is 3. The molecule has 1 N–H and O–H groups in total. The Hall–Kier alpha value is -0.360. The Morgan fingerprint density at radius 2 is 2.25 bits per heavy atom. The van der Waals surface area contributed by atoms with Gasteiger partial charge in [-0.25, -0.2) is 4.98 Å². The third-order valence-corrected chi connectivity index (χ3v) is 3.11. The first-order valence-corrected chi connectivity index (χ1v) is 7.15. The number of pyridine rings is 1. The van der Waals surface area contributed by atoms with Crippen molar-refractivity contribution >= 4 is 22.6 Å². The highest BCUT2D eigenvalue weighted by Gasteiger charge is 2.01. The van der Waals surface area contributed by atoms with Crippen molar-refractivity contribution in [3.8, 4) is 5.88 Å². The van der Waals surface area contributed by atoms with E-state index in [4.69, 9.17) is 4.74 Å². The minimum atomic E-state index is 0.724. The standard InChI is InChI=1S/C12H19IN2O/c1-16-12-11(6-5-9-15-12)10-14-8-4-2-3-7-13/h5-6,9,14H,2-4,7-8,10H2,1H3. The van der Waals surface area contributed by atoms with Crippen molar-refractivity contribution in [2.45, 2.75) is 25.8 Å². The van der Waals surface area contributed by atoms with Gasteiger partial charge in [0.2, 0.25) is 5.88 Å². The molecule has 0 aliphatic carbocycles. The third kappa shape index (κ3) is 5.12. The molecule has 0 fully saturated rings. The number of nitrogens with zero attached hydrogens (tertiary/aromatic N) is 1. The van der Waals surface area contributed by atoms with Crippen molar-refractivity contribution in [1.82, 2.24) is 10.3 Å². The molecule has 0 unspecified atom stereocenters. The van der Waals surface area contributed by atoms with Crippen molar-refractivity contribution < 1.29 is 4.74 Å². The van der Waals surface area contributed by atoms with Crippen LogP contribution in [-0.4, -0.2) is 23.1 Å². The summed E-state index contributed by atoms with van der Waals surface area (Å²) in [6, 6.07) is 3.99. The highest BCUT2D eigenvalue weighted by Crippen LogP contribution is 2.12. The predicted molar refractivity (Wildman–Crippen MR) is 75.2 cm³/mol. The van der Waals surface area contributed by atoms with Crippen LogP contribution < -0.4 is 10.1 Å². The van der Waals surface area contributed by atoms with Gasteiger partial charge in [-0.3, -0.25) is 0 Å². The number of unbranched alkanes of at least 4 members (excludes halogenated alkanes) is 2. The average Bonchev–Trinajstić information content (AvgIpc) is 2.34. The maximum Gasteiger partial charge on any atom is 0.217 e. The van der Waals surface area contributed by atoms with E-state index in [0.717, 1.165) is 24.5 Å². The van der Waals surface area contributed by atoms with E-state index in [0.29, 0.717) is 0 Å². The minimum Gasteiger partial charge on any atom is -0.481 e. The topological polar surface area (TPSA) is 34.1 Å². The lowest BCUT2D eigenvalue weighted by Gasteiger charge is -2.07. The number of aromatic nitrogens is 1. The fourth-order valence-corrected chi connectivity index (χ4v) is 2.03. The maximum atomic E-state index is 5.19. The maximum absolute atomic E-state index is 5.19. The monoisotopic (exact) mass is 334 g/mol. The number of alkyl halides is 1. The minimum absolute atomic E-state index is 0.724. The van der Waals surface area contributed by atoms with Crippen LogP contribution in [0.25, 0.3) is 0 Å². The van der Waals surface area contributed by atoms with E-state index < -0.39 is 0 Å². The molecule has 0 aliphatic heterocycles. The number of hydrogen-bond donors (Lipinski definition) is 1. The van der Waals surface area contributed by atoms with Gasteiger partial charge in [0, 0.05) is 18.3 Å². The van der Waals surface area contributed by atoms with Gasteiger partial charge < -0.3 is 10.1 Å². The Morgan fingerprint density at radius 1 is 1.38 bits per heavy atom. The van der Waals surface area contributed by atoms with Crippen LogP contribution in [0.3, 0.4) is 0 Å². The van der Waals surface area contributed by atoms with E-state index in [1.165, 1.54) is 23.7 Å². The molecule has 4 heteroatoms. The molecule has 16 heavy (non-hydrogen) atoms. The molecule has 1 rings (SSSR count). The highest BCUT2D eigenvalue weighted by molar-refractivity contribution is 14.1. The quantitative estimate of drug-likeness (QED) is 0.451. The molecule has 1 aromatic rings. The van der Waals surface area contributed by atoms with Gasteiger partial charge in [-0.15, -0.1) is 0 Å². The lowest BCUT2D eigenvalue weighted by Crippen LogP contribution is -2.15. The van der Waals surface area contributed by atoms with Crippen molar-refractivity contribution in [3.63, 3.8) is 0 Å². The summed E-state index contributed by atoms with van der Waals surface area (Å²) < 4.78 is 6.45. The molecule has 0 atom stereocenters. The van der Waals surface area contributed by atoms with E-state index in [1.54, 1.807) is 13.3 Å². The number of rotatable bonds is 8. The number of ether oxygens (including phenoxy) is 1. The van der Waals surface area contributed by atoms with Crippen LogP contribution in [-0.2, 0) is 6.54 Å². The van der Waals surface area contributed by atoms with Crippen LogP contribution in [0.4, 0.5) is 0 Å². The van der Waals surface area contributed by atoms with Crippen molar-refractivity contribution in [1.29, 1.82) is 0 Å². The second-order valence-corrected chi connectivity index (χ2v) is 4.68. The molecule has 90 valence electrons. The fraction of sp³-hybridized carbons (Fsp3) is 0.583. The molecular formula is C12H19IN2O. The molecule has 0 saturated heterocycles. The van der Waals surface area contributed by atoms with Gasteiger partial charge in [-0.2, -0.15) is 0 Å². The fourth-order valence-electron chi connectivity index (χ4n) is 1.49. The summed E-state index contributed by atoms with van der Waals surface area (Å²) in [7, 11) is 1.66. The first kappa shape index (κ1) is 13.7. The van der Waals surface area contributed by atoms with E-state index >= 15 is 0 Å². The first-order valence-electron chi connectivity index (χ1n) is 5.63. The van der Waals surface area contributed by atoms with Gasteiger partial charge in [0.15, 0.2) is 0 Å². The Balaban J connectivity index is 2.21. The number of nitrogens with one attached hydrogen (secondary N) is 1. The summed E-state index contributed by atoms with van der Waals surface area (Å²) in [4.78, 5) is 4.16. The van der Waals surface area contributed by atoms with Crippen molar-refractivity contribution in [3.05, 3.63) is 23.9 Å². The zero-order valence-corrected chi connectivity index (χ0v) is 11.9. The average molecular weight is 334 g/mol. The molecule has 1 aromatic heterocycles. The van der Waals surface area contributed by atoms with Crippen molar-refractivity contribution in [2.75, 3.05) is 18.1 Å². The molecule has 0 radical (unpaired) electrons. The summed E-state index contributed by atoms with van der Waals surface area (Å²) in [5.41, 5.74) is 1.12. The Morgan fingerprint density at radius 3 is 3.00 bits per heavy atom. The molecule has 0 aromatic carbocycles. The second-order valence-electron chi connectivity index (χ2n) is 3.60. The van der Waals surface area contributed by atoms with Crippen LogP contribution in [0.1, 0.15) is 24.8 Å². The van der Waals surface area contributed by atoms with Crippen LogP contribution in [0.5, 0.6) is 5.88 Å². The molecule has 0 amide bonds. The van der Waals surface area contributed by atoms with Crippen LogP contribution >= 0.6 is 22.6 Å². The van der Waals surface area contributed by atoms with Crippen LogP contribution in [0.15, 0.2) is 18.3 Å². The van der Waals surface area contributed by atoms with Gasteiger partial charge in [-0.1, -0.05) is 35.1 Å². The number of halogens is 1. The number of methoxy groups -OCH3 is 1. The third-order valence-electron chi connectivity index (χ3n) is 2.35. The molecule has 0 saturated carbocycles. The van der Waals surface area contributed by atoms with E-state index in [1.807, 2.05) is 12.1 Å². The predicted octanol–water partition coefficient (Wildman–Crippen LogP) is 2.79. The van der Waals surface area contributed by atoms with Gasteiger partial charge in [0.1, 0.15) is 0 Å². The zero-order valence-electron chi connectivity index (χ0n) is 9.71. The summed E-state index contributed by atoms with van der Waals surface area (Å²) in [5.74, 6) is 0.724. The highest BCUT2D eigenvalue weighted by atomic mass is 127. The summed E-state index contributed by atoms with van der Waals surface area (Å²) in [6.45, 7) is 1.90. The zero-order chi connectivity index (χ0) is 11.6. The Kier molecular flexibility index (Phi) is 7.50. The van der Waals surface area contributed by atoms with E-state index in [9.17, 15) is 0 Å². The second kappa shape index (κ2) is 8.75. The van der Waals surface area contributed by atoms with E-state index in [2.05, 4.69) is 32.9 Å². The van der Waals surface area contributed by atoms with Crippen molar-refractivity contribution in [2.24, 2.45) is 0 Å². The van der Waals surface area contributed by atoms with E-state index in [-0.39, 0.29) is 0 Å². The van der Waals surface area contributed by atoms with Gasteiger partial charge in [0.25, 0.3) is 0 Å². The van der Waals surface area contributed by atoms with Gasteiger partial charge in [-0.05, 0) is 29.9 Å². The van der Waals surface area contributed by atoms with Crippen LogP contribution in [0.2, 0.25) is 0 Å². The Labute approximate surface area is 111 Å². The SMILES string of the molecule is COc1ncccc1CNCCCCCI. The van der Waals surface area contributed by atoms with Crippen LogP contribution in [0, 0.1) is 0 Å². The lowest BCUT2D eigenvalue weighted by atomic mass is 10.2. The molecule has 1 heterocycles. The molecule has 0 aliphatic rings. The largest absolute Gasteiger partial charge is 0.481 e. The molecular weight excluding hydrogens is 315 g/mol. The molecule has 0 bridgehead atoms. The first-order chi connectivity index (χ1) is 7.88. The molecule has 3 nitrogen and oxygen atoms in total. The Bertz CT molecular complexity index is 294. The summed E-state index contributed by atoms with van der Waals surface area (Å²) >= 11 is 2.42.